The van der Waals surface area contributed by atoms with Crippen LogP contribution in [0.1, 0.15) is 16.1 Å². The molecular weight excluding hydrogens is 254 g/mol. The Labute approximate surface area is 117 Å². The van der Waals surface area contributed by atoms with Gasteiger partial charge in [-0.25, -0.2) is 0 Å². The van der Waals surface area contributed by atoms with Crippen LogP contribution in [0.2, 0.25) is 0 Å². The second kappa shape index (κ2) is 6.68. The number of nitrogens with one attached hydrogen (secondary N) is 1. The fraction of sp³-hybridized carbons (Fsp3) is 0.200. The molecule has 3 N–H and O–H groups in total. The van der Waals surface area contributed by atoms with E-state index >= 15 is 0 Å². The number of carbonyl (C=O) groups excluding carboxylic acids is 1. The highest BCUT2D eigenvalue weighted by Gasteiger charge is 2.09. The van der Waals surface area contributed by atoms with E-state index in [0.29, 0.717) is 35.8 Å². The number of aromatic nitrogens is 1. The maximum Gasteiger partial charge on any atom is 0.257 e. The first-order valence-corrected chi connectivity index (χ1v) is 6.36. The maximum atomic E-state index is 12.1. The Morgan fingerprint density at radius 3 is 2.95 bits per heavy atom. The van der Waals surface area contributed by atoms with Crippen LogP contribution in [0, 0.1) is 6.92 Å². The molecular formula is C15H17N3O2. The number of pyridine rings is 1. The van der Waals surface area contributed by atoms with Crippen molar-refractivity contribution in [2.75, 3.05) is 18.5 Å². The zero-order valence-corrected chi connectivity index (χ0v) is 11.3. The minimum Gasteiger partial charge on any atom is -0.492 e. The molecule has 5 heteroatoms. The van der Waals surface area contributed by atoms with E-state index < -0.39 is 0 Å². The summed E-state index contributed by atoms with van der Waals surface area (Å²) in [6, 6.07) is 10.7. The van der Waals surface area contributed by atoms with Crippen LogP contribution in [0.5, 0.6) is 5.75 Å². The van der Waals surface area contributed by atoms with E-state index in [0.717, 1.165) is 0 Å². The quantitative estimate of drug-likeness (QED) is 0.871. The number of nitrogens with two attached hydrogens (primary N) is 1. The summed E-state index contributed by atoms with van der Waals surface area (Å²) >= 11 is 0. The first kappa shape index (κ1) is 14.0. The SMILES string of the molecule is Cc1ncccc1C(=O)Nc1cccc(OCCN)c1. The highest BCUT2D eigenvalue weighted by molar-refractivity contribution is 6.05. The number of rotatable bonds is 5. The molecule has 0 bridgehead atoms. The summed E-state index contributed by atoms with van der Waals surface area (Å²) in [4.78, 5) is 16.2. The van der Waals surface area contributed by atoms with Crippen LogP contribution in [-0.4, -0.2) is 24.0 Å². The Morgan fingerprint density at radius 2 is 2.20 bits per heavy atom. The van der Waals surface area contributed by atoms with Crippen molar-refractivity contribution >= 4 is 11.6 Å². The van der Waals surface area contributed by atoms with Crippen LogP contribution in [0.25, 0.3) is 0 Å². The lowest BCUT2D eigenvalue weighted by Crippen LogP contribution is -2.14. The van der Waals surface area contributed by atoms with Gasteiger partial charge in [0.25, 0.3) is 5.91 Å². The van der Waals surface area contributed by atoms with Crippen LogP contribution in [-0.2, 0) is 0 Å². The average molecular weight is 271 g/mol. The fourth-order valence-electron chi connectivity index (χ4n) is 1.76. The summed E-state index contributed by atoms with van der Waals surface area (Å²) in [5.41, 5.74) is 7.31. The largest absolute Gasteiger partial charge is 0.492 e. The van der Waals surface area contributed by atoms with Crippen molar-refractivity contribution in [2.24, 2.45) is 5.73 Å². The third kappa shape index (κ3) is 3.55. The number of anilines is 1. The lowest BCUT2D eigenvalue weighted by atomic mass is 10.2. The molecule has 1 amide bonds. The first-order chi connectivity index (χ1) is 9.70. The van der Waals surface area contributed by atoms with Gasteiger partial charge in [0.2, 0.25) is 0 Å². The standard InChI is InChI=1S/C15H17N3O2/c1-11-14(6-3-8-17-11)15(19)18-12-4-2-5-13(10-12)20-9-7-16/h2-6,8,10H,7,9,16H2,1H3,(H,18,19). The molecule has 0 aliphatic rings. The molecule has 0 atom stereocenters. The predicted octanol–water partition coefficient (Wildman–Crippen LogP) is 1.98. The summed E-state index contributed by atoms with van der Waals surface area (Å²) < 4.78 is 5.42. The van der Waals surface area contributed by atoms with Crippen molar-refractivity contribution < 1.29 is 9.53 Å². The highest BCUT2D eigenvalue weighted by atomic mass is 16.5. The molecule has 0 unspecified atom stereocenters. The smallest absolute Gasteiger partial charge is 0.257 e. The van der Waals surface area contributed by atoms with Crippen molar-refractivity contribution in [3.05, 3.63) is 53.9 Å². The van der Waals surface area contributed by atoms with E-state index in [1.165, 1.54) is 0 Å². The molecule has 0 spiro atoms. The van der Waals surface area contributed by atoms with E-state index in [1.54, 1.807) is 37.4 Å². The molecule has 2 aromatic rings. The second-order valence-corrected chi connectivity index (χ2v) is 4.26. The molecule has 0 aliphatic heterocycles. The number of amides is 1. The molecule has 20 heavy (non-hydrogen) atoms. The molecule has 0 fully saturated rings. The summed E-state index contributed by atoms with van der Waals surface area (Å²) in [7, 11) is 0. The molecule has 1 aromatic heterocycles. The van der Waals surface area contributed by atoms with E-state index in [-0.39, 0.29) is 5.91 Å². The van der Waals surface area contributed by atoms with Crippen LogP contribution < -0.4 is 15.8 Å². The summed E-state index contributed by atoms with van der Waals surface area (Å²) in [5, 5.41) is 2.83. The van der Waals surface area contributed by atoms with E-state index in [2.05, 4.69) is 10.3 Å². The Bertz CT molecular complexity index is 599. The molecule has 0 radical (unpaired) electrons. The third-order valence-electron chi connectivity index (χ3n) is 2.73. The van der Waals surface area contributed by atoms with Gasteiger partial charge in [-0.3, -0.25) is 9.78 Å². The number of nitrogens with zero attached hydrogens (tertiary/aromatic N) is 1. The molecule has 0 saturated carbocycles. The van der Waals surface area contributed by atoms with Gasteiger partial charge in [0.05, 0.1) is 5.56 Å². The fourth-order valence-corrected chi connectivity index (χ4v) is 1.76. The van der Waals surface area contributed by atoms with E-state index in [9.17, 15) is 4.79 Å². The van der Waals surface area contributed by atoms with Gasteiger partial charge < -0.3 is 15.8 Å². The van der Waals surface area contributed by atoms with Crippen LogP contribution in [0.4, 0.5) is 5.69 Å². The molecule has 1 aromatic carbocycles. The second-order valence-electron chi connectivity index (χ2n) is 4.26. The Hall–Kier alpha value is -2.40. The summed E-state index contributed by atoms with van der Waals surface area (Å²) in [5.74, 6) is 0.489. The van der Waals surface area contributed by atoms with E-state index in [1.807, 2.05) is 12.1 Å². The zero-order chi connectivity index (χ0) is 14.4. The molecule has 0 saturated heterocycles. The lowest BCUT2D eigenvalue weighted by molar-refractivity contribution is 0.102. The first-order valence-electron chi connectivity index (χ1n) is 6.36. The minimum absolute atomic E-state index is 0.188. The number of hydrogen-bond donors (Lipinski definition) is 2. The normalized spacial score (nSPS) is 10.1. The summed E-state index contributed by atoms with van der Waals surface area (Å²) in [6.45, 7) is 2.69. The Balaban J connectivity index is 2.10. The Kier molecular flexibility index (Phi) is 4.68. The van der Waals surface area contributed by atoms with Gasteiger partial charge in [0.15, 0.2) is 0 Å². The zero-order valence-electron chi connectivity index (χ0n) is 11.3. The van der Waals surface area contributed by atoms with Gasteiger partial charge in [-0.05, 0) is 31.2 Å². The monoisotopic (exact) mass is 271 g/mol. The number of benzene rings is 1. The van der Waals surface area contributed by atoms with Gasteiger partial charge in [0, 0.05) is 30.2 Å². The minimum atomic E-state index is -0.188. The summed E-state index contributed by atoms with van der Waals surface area (Å²) in [6.07, 6.45) is 1.66. The molecule has 5 nitrogen and oxygen atoms in total. The topological polar surface area (TPSA) is 77.2 Å². The molecule has 104 valence electrons. The van der Waals surface area contributed by atoms with Gasteiger partial charge in [-0.1, -0.05) is 6.07 Å². The predicted molar refractivity (Wildman–Crippen MR) is 77.9 cm³/mol. The van der Waals surface area contributed by atoms with Gasteiger partial charge in [0.1, 0.15) is 12.4 Å². The highest BCUT2D eigenvalue weighted by Crippen LogP contribution is 2.18. The number of carbonyl (C=O) groups is 1. The van der Waals surface area contributed by atoms with Crippen molar-refractivity contribution in [1.29, 1.82) is 0 Å². The van der Waals surface area contributed by atoms with Crippen molar-refractivity contribution in [1.82, 2.24) is 4.98 Å². The van der Waals surface area contributed by atoms with Crippen molar-refractivity contribution in [3.63, 3.8) is 0 Å². The maximum absolute atomic E-state index is 12.1. The number of ether oxygens (including phenoxy) is 1. The van der Waals surface area contributed by atoms with Crippen LogP contribution in [0.3, 0.4) is 0 Å². The van der Waals surface area contributed by atoms with Gasteiger partial charge >= 0.3 is 0 Å². The molecule has 0 aliphatic carbocycles. The number of aryl methyl sites for hydroxylation is 1. The Morgan fingerprint density at radius 1 is 1.35 bits per heavy atom. The van der Waals surface area contributed by atoms with Crippen molar-refractivity contribution in [2.45, 2.75) is 6.92 Å². The van der Waals surface area contributed by atoms with Crippen LogP contribution in [0.15, 0.2) is 42.6 Å². The molecule has 2 rings (SSSR count). The van der Waals surface area contributed by atoms with E-state index in [4.69, 9.17) is 10.5 Å². The molecule has 1 heterocycles. The average Bonchev–Trinajstić information content (AvgIpc) is 2.46. The number of hydrogen-bond acceptors (Lipinski definition) is 4. The third-order valence-corrected chi connectivity index (χ3v) is 2.73. The van der Waals surface area contributed by atoms with Crippen molar-refractivity contribution in [3.8, 4) is 5.75 Å². The van der Waals surface area contributed by atoms with Gasteiger partial charge in [-0.2, -0.15) is 0 Å². The lowest BCUT2D eigenvalue weighted by Gasteiger charge is -2.09. The van der Waals surface area contributed by atoms with Gasteiger partial charge in [-0.15, -0.1) is 0 Å². The van der Waals surface area contributed by atoms with Crippen LogP contribution >= 0.6 is 0 Å².